The molecule has 9 heteroatoms. The quantitative estimate of drug-likeness (QED) is 0.770. The highest BCUT2D eigenvalue weighted by molar-refractivity contribution is 7.99. The van der Waals surface area contributed by atoms with Crippen molar-refractivity contribution >= 4 is 23.6 Å². The summed E-state index contributed by atoms with van der Waals surface area (Å²) in [5, 5.41) is 12.9. The topological polar surface area (TPSA) is 69.6 Å². The summed E-state index contributed by atoms with van der Waals surface area (Å²) in [5.74, 6) is -0.888. The summed E-state index contributed by atoms with van der Waals surface area (Å²) in [6, 6.07) is -1.22. The number of alkyl halides is 3. The highest BCUT2D eigenvalue weighted by Gasteiger charge is 2.62. The maximum absolute atomic E-state index is 13.1. The Bertz CT molecular complexity index is 607. The first-order valence-corrected chi connectivity index (χ1v) is 10.2. The lowest BCUT2D eigenvalue weighted by Gasteiger charge is -2.62. The molecule has 1 heterocycles. The molecule has 0 aromatic carbocycles. The fraction of sp³-hybridized carbons (Fsp3) is 0.882. The van der Waals surface area contributed by atoms with E-state index in [4.69, 9.17) is 0 Å². The number of carbonyl (C=O) groups excluding carboxylic acids is 2. The van der Waals surface area contributed by atoms with Crippen LogP contribution in [0.5, 0.6) is 0 Å². The van der Waals surface area contributed by atoms with E-state index in [1.54, 1.807) is 11.8 Å². The molecule has 5 aliphatic rings. The van der Waals surface area contributed by atoms with E-state index in [0.717, 1.165) is 12.2 Å². The monoisotopic (exact) mass is 392 g/mol. The zero-order valence-corrected chi connectivity index (χ0v) is 15.2. The molecule has 5 nitrogen and oxygen atoms in total. The zero-order chi connectivity index (χ0) is 18.7. The third-order valence-corrected chi connectivity index (χ3v) is 7.50. The van der Waals surface area contributed by atoms with Crippen molar-refractivity contribution in [2.24, 2.45) is 17.3 Å². The minimum atomic E-state index is -5.03. The summed E-state index contributed by atoms with van der Waals surface area (Å²) in [7, 11) is 0. The first kappa shape index (κ1) is 18.4. The Labute approximate surface area is 154 Å². The van der Waals surface area contributed by atoms with Gasteiger partial charge in [0.1, 0.15) is 6.04 Å². The Morgan fingerprint density at radius 2 is 1.85 bits per heavy atom. The lowest BCUT2D eigenvalue weighted by molar-refractivity contribution is -0.190. The van der Waals surface area contributed by atoms with E-state index in [9.17, 15) is 27.9 Å². The van der Waals surface area contributed by atoms with Crippen molar-refractivity contribution in [2.75, 3.05) is 18.2 Å². The van der Waals surface area contributed by atoms with Gasteiger partial charge in [0.05, 0.1) is 11.5 Å². The molecule has 2 N–H and O–H groups in total. The number of halogens is 3. The van der Waals surface area contributed by atoms with Gasteiger partial charge < -0.3 is 15.3 Å². The number of rotatable bonds is 3. The van der Waals surface area contributed by atoms with Crippen LogP contribution in [0, 0.1) is 17.3 Å². The maximum atomic E-state index is 13.1. The number of carbonyl (C=O) groups is 2. The second kappa shape index (κ2) is 6.02. The van der Waals surface area contributed by atoms with Crippen LogP contribution in [-0.4, -0.2) is 57.8 Å². The number of nitrogens with one attached hydrogen (secondary N) is 1. The Balaban J connectivity index is 1.66. The minimum absolute atomic E-state index is 0.215. The predicted molar refractivity (Wildman–Crippen MR) is 89.1 cm³/mol. The number of amides is 2. The first-order valence-electron chi connectivity index (χ1n) is 9.07. The third-order valence-electron chi connectivity index (χ3n) is 6.53. The molecular weight excluding hydrogens is 369 g/mol. The molecule has 5 rings (SSSR count). The van der Waals surface area contributed by atoms with E-state index in [2.05, 4.69) is 0 Å². The lowest BCUT2D eigenvalue weighted by Crippen LogP contribution is -2.66. The average molecular weight is 392 g/mol. The Hall–Kier alpha value is -0.960. The molecule has 0 aromatic heterocycles. The number of hydrogen-bond donors (Lipinski definition) is 2. The van der Waals surface area contributed by atoms with Gasteiger partial charge in [-0.2, -0.15) is 13.2 Å². The highest BCUT2D eigenvalue weighted by Crippen LogP contribution is 2.63. The smallest absolute Gasteiger partial charge is 0.390 e. The molecule has 1 aliphatic heterocycles. The normalized spacial score (nSPS) is 39.9. The number of thioether (sulfide) groups is 1. The van der Waals surface area contributed by atoms with Gasteiger partial charge in [0.2, 0.25) is 5.91 Å². The molecule has 1 saturated heterocycles. The summed E-state index contributed by atoms with van der Waals surface area (Å²) >= 11 is 1.55. The van der Waals surface area contributed by atoms with E-state index >= 15 is 0 Å². The van der Waals surface area contributed by atoms with Crippen LogP contribution in [0.15, 0.2) is 0 Å². The van der Waals surface area contributed by atoms with Crippen LogP contribution in [0.4, 0.5) is 13.2 Å². The predicted octanol–water partition coefficient (Wildman–Crippen LogP) is 1.90. The van der Waals surface area contributed by atoms with Crippen molar-refractivity contribution in [3.05, 3.63) is 0 Å². The SMILES string of the molecule is O=C([C@@H](NC(=O)C(F)(F)F)C12CC3CC(CC(O)(C3)C1)C2)N1CCSC1. The van der Waals surface area contributed by atoms with Crippen LogP contribution in [0.3, 0.4) is 0 Å². The summed E-state index contributed by atoms with van der Waals surface area (Å²) < 4.78 is 38.7. The van der Waals surface area contributed by atoms with Gasteiger partial charge in [0.15, 0.2) is 0 Å². The minimum Gasteiger partial charge on any atom is -0.390 e. The van der Waals surface area contributed by atoms with E-state index in [-0.39, 0.29) is 11.8 Å². The van der Waals surface area contributed by atoms with E-state index in [1.807, 2.05) is 5.32 Å². The van der Waals surface area contributed by atoms with Crippen LogP contribution in [0.25, 0.3) is 0 Å². The standard InChI is InChI=1S/C17H23F3N2O3S/c18-17(19,20)14(24)21-12(13(23)22-1-2-26-9-22)15-4-10-3-11(5-15)7-16(25,6-10)8-15/h10-12,25H,1-9H2,(H,21,24)/t10?,11?,12-,15?,16?/m1/s1. The first-order chi connectivity index (χ1) is 12.1. The van der Waals surface area contributed by atoms with Crippen LogP contribution >= 0.6 is 11.8 Å². The highest BCUT2D eigenvalue weighted by atomic mass is 32.2. The van der Waals surface area contributed by atoms with Crippen LogP contribution in [0.1, 0.15) is 38.5 Å². The van der Waals surface area contributed by atoms with Crippen molar-refractivity contribution in [3.8, 4) is 0 Å². The molecule has 5 fully saturated rings. The van der Waals surface area contributed by atoms with Gasteiger partial charge in [-0.3, -0.25) is 9.59 Å². The van der Waals surface area contributed by atoms with Gasteiger partial charge in [-0.15, -0.1) is 11.8 Å². The van der Waals surface area contributed by atoms with E-state index < -0.39 is 35.0 Å². The number of hydrogen-bond acceptors (Lipinski definition) is 4. The summed E-state index contributed by atoms with van der Waals surface area (Å²) in [6.45, 7) is 0.481. The van der Waals surface area contributed by atoms with Crippen molar-refractivity contribution in [1.29, 1.82) is 0 Å². The second-order valence-corrected chi connectivity index (χ2v) is 9.67. The van der Waals surface area contributed by atoms with Crippen LogP contribution in [0.2, 0.25) is 0 Å². The Kier molecular flexibility index (Phi) is 4.26. The fourth-order valence-electron chi connectivity index (χ4n) is 6.08. The van der Waals surface area contributed by atoms with Gasteiger partial charge in [-0.1, -0.05) is 0 Å². The second-order valence-electron chi connectivity index (χ2n) is 8.59. The van der Waals surface area contributed by atoms with Gasteiger partial charge in [0, 0.05) is 17.7 Å². The van der Waals surface area contributed by atoms with Crippen molar-refractivity contribution in [3.63, 3.8) is 0 Å². The molecule has 0 aromatic rings. The van der Waals surface area contributed by atoms with E-state index in [0.29, 0.717) is 44.5 Å². The molecule has 26 heavy (non-hydrogen) atoms. The molecule has 4 saturated carbocycles. The molecule has 4 bridgehead atoms. The third kappa shape index (κ3) is 3.10. The molecule has 0 radical (unpaired) electrons. The molecule has 2 amide bonds. The van der Waals surface area contributed by atoms with Gasteiger partial charge >= 0.3 is 12.1 Å². The zero-order valence-electron chi connectivity index (χ0n) is 14.3. The van der Waals surface area contributed by atoms with Crippen LogP contribution in [-0.2, 0) is 9.59 Å². The summed E-state index contributed by atoms with van der Waals surface area (Å²) in [4.78, 5) is 26.3. The molecule has 2 unspecified atom stereocenters. The van der Waals surface area contributed by atoms with Gasteiger partial charge in [0.25, 0.3) is 0 Å². The molecule has 3 atom stereocenters. The van der Waals surface area contributed by atoms with Gasteiger partial charge in [-0.25, -0.2) is 0 Å². The van der Waals surface area contributed by atoms with Crippen molar-refractivity contribution in [2.45, 2.75) is 56.3 Å². The van der Waals surface area contributed by atoms with Crippen molar-refractivity contribution in [1.82, 2.24) is 10.2 Å². The summed E-state index contributed by atoms with van der Waals surface area (Å²) in [6.07, 6.45) is -1.28. The maximum Gasteiger partial charge on any atom is 0.471 e. The van der Waals surface area contributed by atoms with Crippen LogP contribution < -0.4 is 5.32 Å². The van der Waals surface area contributed by atoms with E-state index in [1.165, 1.54) is 4.90 Å². The Morgan fingerprint density at radius 3 is 2.35 bits per heavy atom. The largest absolute Gasteiger partial charge is 0.471 e. The average Bonchev–Trinajstić information content (AvgIpc) is 3.02. The van der Waals surface area contributed by atoms with Crippen molar-refractivity contribution < 1.29 is 27.9 Å². The van der Waals surface area contributed by atoms with Gasteiger partial charge in [-0.05, 0) is 50.4 Å². The number of aliphatic hydroxyl groups is 1. The molecule has 0 spiro atoms. The lowest BCUT2D eigenvalue weighted by atomic mass is 9.46. The number of nitrogens with zero attached hydrogens (tertiary/aromatic N) is 1. The Morgan fingerprint density at radius 1 is 1.19 bits per heavy atom. The fourth-order valence-corrected chi connectivity index (χ4v) is 7.04. The molecule has 146 valence electrons. The molecule has 4 aliphatic carbocycles. The molecular formula is C17H23F3N2O3S. The summed E-state index contributed by atoms with van der Waals surface area (Å²) in [5.41, 5.74) is -1.69.